The molecule has 0 aromatic heterocycles. The zero-order valence-electron chi connectivity index (χ0n) is 11.8. The number of hydrazone groups is 1. The van der Waals surface area contributed by atoms with Gasteiger partial charge in [0.2, 0.25) is 0 Å². The Bertz CT molecular complexity index is 711. The number of hydrogen-bond acceptors (Lipinski definition) is 4. The third-order valence-corrected chi connectivity index (χ3v) is 2.88. The molecule has 0 atom stereocenters. The number of carbonyl (C=O) groups excluding carboxylic acids is 1. The van der Waals surface area contributed by atoms with Gasteiger partial charge in [0.15, 0.2) is 0 Å². The number of hydrogen-bond donors (Lipinski definition) is 2. The van der Waals surface area contributed by atoms with Crippen LogP contribution in [-0.2, 0) is 0 Å². The van der Waals surface area contributed by atoms with E-state index in [1.165, 1.54) is 18.3 Å². The van der Waals surface area contributed by atoms with Crippen LogP contribution >= 0.6 is 0 Å². The van der Waals surface area contributed by atoms with Crippen LogP contribution in [0.1, 0.15) is 11.1 Å². The van der Waals surface area contributed by atoms with Crippen molar-refractivity contribution in [3.63, 3.8) is 0 Å². The van der Waals surface area contributed by atoms with Crippen molar-refractivity contribution in [3.05, 3.63) is 69.8 Å². The summed E-state index contributed by atoms with van der Waals surface area (Å²) >= 11 is 0. The Balaban J connectivity index is 1.90. The molecule has 2 amide bonds. The van der Waals surface area contributed by atoms with Gasteiger partial charge in [-0.25, -0.2) is 10.2 Å². The Morgan fingerprint density at radius 2 is 1.86 bits per heavy atom. The second-order valence-corrected chi connectivity index (χ2v) is 4.49. The Labute approximate surface area is 126 Å². The molecule has 7 heteroatoms. The average molecular weight is 298 g/mol. The molecule has 0 spiro atoms. The van der Waals surface area contributed by atoms with E-state index in [0.717, 1.165) is 5.56 Å². The van der Waals surface area contributed by atoms with Gasteiger partial charge in [-0.05, 0) is 36.2 Å². The summed E-state index contributed by atoms with van der Waals surface area (Å²) in [6.07, 6.45) is 1.40. The van der Waals surface area contributed by atoms with E-state index in [0.29, 0.717) is 11.3 Å². The van der Waals surface area contributed by atoms with Gasteiger partial charge in [-0.2, -0.15) is 5.10 Å². The highest BCUT2D eigenvalue weighted by molar-refractivity contribution is 5.91. The summed E-state index contributed by atoms with van der Waals surface area (Å²) in [5.41, 5.74) is 4.61. The summed E-state index contributed by atoms with van der Waals surface area (Å²) in [4.78, 5) is 21.7. The molecule has 2 aromatic carbocycles. The lowest BCUT2D eigenvalue weighted by Crippen LogP contribution is -2.24. The van der Waals surface area contributed by atoms with Gasteiger partial charge >= 0.3 is 6.03 Å². The lowest BCUT2D eigenvalue weighted by Gasteiger charge is -2.06. The maximum absolute atomic E-state index is 11.7. The first kappa shape index (κ1) is 15.2. The third kappa shape index (κ3) is 4.14. The molecular formula is C15H14N4O3. The quantitative estimate of drug-likeness (QED) is 0.515. The number of nitro groups is 1. The molecule has 0 fully saturated rings. The number of nitro benzene ring substituents is 1. The number of carbonyl (C=O) groups is 1. The highest BCUT2D eigenvalue weighted by Gasteiger charge is 2.03. The molecule has 7 nitrogen and oxygen atoms in total. The number of benzene rings is 2. The van der Waals surface area contributed by atoms with Crippen LogP contribution in [0.2, 0.25) is 0 Å². The van der Waals surface area contributed by atoms with Crippen LogP contribution < -0.4 is 10.7 Å². The smallest absolute Gasteiger partial charge is 0.306 e. The number of anilines is 1. The maximum atomic E-state index is 11.7. The van der Waals surface area contributed by atoms with Crippen molar-refractivity contribution < 1.29 is 9.72 Å². The van der Waals surface area contributed by atoms with Crippen LogP contribution in [-0.4, -0.2) is 17.2 Å². The van der Waals surface area contributed by atoms with Crippen molar-refractivity contribution in [1.29, 1.82) is 0 Å². The molecule has 0 radical (unpaired) electrons. The van der Waals surface area contributed by atoms with Gasteiger partial charge in [-0.1, -0.05) is 18.2 Å². The largest absolute Gasteiger partial charge is 0.339 e. The van der Waals surface area contributed by atoms with Crippen LogP contribution in [0.4, 0.5) is 16.2 Å². The number of non-ortho nitro benzene ring substituents is 1. The topological polar surface area (TPSA) is 96.6 Å². The SMILES string of the molecule is Cc1ccccc1NC(=O)N/N=C\c1ccc([N+](=O)[O-])cc1. The molecule has 0 saturated heterocycles. The molecule has 22 heavy (non-hydrogen) atoms. The number of aryl methyl sites for hydroxylation is 1. The molecule has 0 unspecified atom stereocenters. The first-order valence-corrected chi connectivity index (χ1v) is 6.46. The van der Waals surface area contributed by atoms with E-state index in [2.05, 4.69) is 15.8 Å². The van der Waals surface area contributed by atoms with E-state index >= 15 is 0 Å². The molecule has 2 rings (SSSR count). The van der Waals surface area contributed by atoms with Crippen molar-refractivity contribution in [2.24, 2.45) is 5.10 Å². The number of nitrogens with one attached hydrogen (secondary N) is 2. The first-order valence-electron chi connectivity index (χ1n) is 6.46. The summed E-state index contributed by atoms with van der Waals surface area (Å²) < 4.78 is 0. The summed E-state index contributed by atoms with van der Waals surface area (Å²) in [6, 6.07) is 12.7. The summed E-state index contributed by atoms with van der Waals surface area (Å²) in [5, 5.41) is 17.0. The summed E-state index contributed by atoms with van der Waals surface area (Å²) in [5.74, 6) is 0. The van der Waals surface area contributed by atoms with Crippen molar-refractivity contribution in [3.8, 4) is 0 Å². The van der Waals surface area contributed by atoms with Gasteiger partial charge in [-0.3, -0.25) is 10.1 Å². The summed E-state index contributed by atoms with van der Waals surface area (Å²) in [6.45, 7) is 1.88. The minimum atomic E-state index is -0.477. The predicted octanol–water partition coefficient (Wildman–Crippen LogP) is 3.06. The average Bonchev–Trinajstić information content (AvgIpc) is 2.50. The van der Waals surface area contributed by atoms with Gasteiger partial charge in [-0.15, -0.1) is 0 Å². The minimum Gasteiger partial charge on any atom is -0.306 e. The standard InChI is InChI=1S/C15H14N4O3/c1-11-4-2-3-5-14(11)17-15(20)18-16-10-12-6-8-13(9-7-12)19(21)22/h2-10H,1H3,(H2,17,18,20)/b16-10-. The molecule has 0 heterocycles. The molecule has 2 N–H and O–H groups in total. The highest BCUT2D eigenvalue weighted by Crippen LogP contribution is 2.12. The zero-order valence-corrected chi connectivity index (χ0v) is 11.8. The predicted molar refractivity (Wildman–Crippen MR) is 84.0 cm³/mol. The fourth-order valence-corrected chi connectivity index (χ4v) is 1.71. The van der Waals surface area contributed by atoms with Crippen LogP contribution in [0.25, 0.3) is 0 Å². The van der Waals surface area contributed by atoms with Gasteiger partial charge in [0, 0.05) is 17.8 Å². The van der Waals surface area contributed by atoms with E-state index in [-0.39, 0.29) is 5.69 Å². The molecule has 0 bridgehead atoms. The zero-order chi connectivity index (χ0) is 15.9. The fraction of sp³-hybridized carbons (Fsp3) is 0.0667. The van der Waals surface area contributed by atoms with E-state index in [9.17, 15) is 14.9 Å². The second-order valence-electron chi connectivity index (χ2n) is 4.49. The minimum absolute atomic E-state index is 0.00223. The van der Waals surface area contributed by atoms with Crippen LogP contribution in [0.5, 0.6) is 0 Å². The third-order valence-electron chi connectivity index (χ3n) is 2.88. The Kier molecular flexibility index (Phi) is 4.81. The molecule has 0 saturated carbocycles. The monoisotopic (exact) mass is 298 g/mol. The Hall–Kier alpha value is -3.22. The van der Waals surface area contributed by atoms with Crippen molar-refractivity contribution in [1.82, 2.24) is 5.43 Å². The first-order chi connectivity index (χ1) is 10.6. The number of rotatable bonds is 4. The second kappa shape index (κ2) is 6.98. The van der Waals surface area contributed by atoms with E-state index in [4.69, 9.17) is 0 Å². The number of amides is 2. The number of nitrogens with zero attached hydrogens (tertiary/aromatic N) is 2. The van der Waals surface area contributed by atoms with Crippen LogP contribution in [0.3, 0.4) is 0 Å². The normalized spacial score (nSPS) is 10.4. The van der Waals surface area contributed by atoms with Gasteiger partial charge in [0.05, 0.1) is 11.1 Å². The van der Waals surface area contributed by atoms with E-state index in [1.807, 2.05) is 25.1 Å². The van der Waals surface area contributed by atoms with E-state index < -0.39 is 11.0 Å². The van der Waals surface area contributed by atoms with Crippen molar-refractivity contribution >= 4 is 23.6 Å². The van der Waals surface area contributed by atoms with Crippen molar-refractivity contribution in [2.45, 2.75) is 6.92 Å². The fourth-order valence-electron chi connectivity index (χ4n) is 1.71. The summed E-state index contributed by atoms with van der Waals surface area (Å²) in [7, 11) is 0. The number of urea groups is 1. The van der Waals surface area contributed by atoms with Gasteiger partial charge in [0.25, 0.3) is 5.69 Å². The molecule has 2 aromatic rings. The molecular weight excluding hydrogens is 284 g/mol. The molecule has 0 aliphatic carbocycles. The number of para-hydroxylation sites is 1. The van der Waals surface area contributed by atoms with E-state index in [1.54, 1.807) is 18.2 Å². The molecule has 0 aliphatic rings. The van der Waals surface area contributed by atoms with Crippen LogP contribution in [0, 0.1) is 17.0 Å². The lowest BCUT2D eigenvalue weighted by atomic mass is 10.2. The van der Waals surface area contributed by atoms with Gasteiger partial charge < -0.3 is 5.32 Å². The van der Waals surface area contributed by atoms with Crippen LogP contribution in [0.15, 0.2) is 53.6 Å². The Morgan fingerprint density at radius 1 is 1.18 bits per heavy atom. The van der Waals surface area contributed by atoms with Gasteiger partial charge in [0.1, 0.15) is 0 Å². The highest BCUT2D eigenvalue weighted by atomic mass is 16.6. The molecule has 0 aliphatic heterocycles. The molecule has 112 valence electrons. The Morgan fingerprint density at radius 3 is 2.50 bits per heavy atom. The van der Waals surface area contributed by atoms with Crippen molar-refractivity contribution in [2.75, 3.05) is 5.32 Å². The maximum Gasteiger partial charge on any atom is 0.339 e. The lowest BCUT2D eigenvalue weighted by molar-refractivity contribution is -0.384.